The highest BCUT2D eigenvalue weighted by atomic mass is 16.3. The van der Waals surface area contributed by atoms with Crippen molar-refractivity contribution in [3.8, 4) is 0 Å². The Balaban J connectivity index is 2.31. The van der Waals surface area contributed by atoms with Crippen LogP contribution in [0.2, 0.25) is 0 Å². The second-order valence-corrected chi connectivity index (χ2v) is 6.48. The maximum absolute atomic E-state index is 10.2. The standard InChI is InChI=1S/C17H24N2O/c1-12-10-13(11-18-16(2,3)17(4,5)20)14-8-6-7-9-15(14)19-12/h6-10,18,20H,11H2,1-5H3. The fraction of sp³-hybridized carbons (Fsp3) is 0.471. The highest BCUT2D eigenvalue weighted by Crippen LogP contribution is 2.23. The second-order valence-electron chi connectivity index (χ2n) is 6.48. The lowest BCUT2D eigenvalue weighted by molar-refractivity contribution is -0.00527. The third-order valence-corrected chi connectivity index (χ3v) is 4.18. The Morgan fingerprint density at radius 3 is 2.45 bits per heavy atom. The Morgan fingerprint density at radius 2 is 1.80 bits per heavy atom. The molecule has 2 N–H and O–H groups in total. The quantitative estimate of drug-likeness (QED) is 0.898. The molecule has 1 aromatic heterocycles. The van der Waals surface area contributed by atoms with Gasteiger partial charge in [0.25, 0.3) is 0 Å². The topological polar surface area (TPSA) is 45.1 Å². The Morgan fingerprint density at radius 1 is 1.15 bits per heavy atom. The molecule has 0 spiro atoms. The van der Waals surface area contributed by atoms with Gasteiger partial charge in [0, 0.05) is 23.2 Å². The minimum atomic E-state index is -0.787. The normalized spacial score (nSPS) is 12.9. The van der Waals surface area contributed by atoms with Crippen molar-refractivity contribution in [2.24, 2.45) is 0 Å². The second kappa shape index (κ2) is 5.15. The molecular formula is C17H24N2O. The van der Waals surface area contributed by atoms with Crippen LogP contribution in [0.4, 0.5) is 0 Å². The van der Waals surface area contributed by atoms with Crippen LogP contribution < -0.4 is 5.32 Å². The number of aliphatic hydroxyl groups is 1. The summed E-state index contributed by atoms with van der Waals surface area (Å²) in [6.07, 6.45) is 0. The van der Waals surface area contributed by atoms with Gasteiger partial charge in [0.05, 0.1) is 11.1 Å². The fourth-order valence-electron chi connectivity index (χ4n) is 2.07. The number of benzene rings is 1. The maximum Gasteiger partial charge on any atom is 0.0767 e. The zero-order valence-corrected chi connectivity index (χ0v) is 13.0. The number of pyridine rings is 1. The van der Waals surface area contributed by atoms with E-state index in [0.29, 0.717) is 6.54 Å². The van der Waals surface area contributed by atoms with Crippen LogP contribution in [0.3, 0.4) is 0 Å². The van der Waals surface area contributed by atoms with E-state index in [-0.39, 0.29) is 5.54 Å². The van der Waals surface area contributed by atoms with E-state index >= 15 is 0 Å². The van der Waals surface area contributed by atoms with Crippen molar-refractivity contribution in [2.45, 2.75) is 52.3 Å². The summed E-state index contributed by atoms with van der Waals surface area (Å²) < 4.78 is 0. The Bertz CT molecular complexity index is 612. The highest BCUT2D eigenvalue weighted by molar-refractivity contribution is 5.82. The third-order valence-electron chi connectivity index (χ3n) is 4.18. The van der Waals surface area contributed by atoms with Gasteiger partial charge in [0.15, 0.2) is 0 Å². The molecule has 0 aliphatic carbocycles. The van der Waals surface area contributed by atoms with E-state index in [1.165, 1.54) is 5.56 Å². The van der Waals surface area contributed by atoms with E-state index in [9.17, 15) is 5.11 Å². The van der Waals surface area contributed by atoms with Crippen molar-refractivity contribution >= 4 is 10.9 Å². The molecule has 0 aliphatic rings. The van der Waals surface area contributed by atoms with Crippen LogP contribution in [0, 0.1) is 6.92 Å². The molecule has 0 fully saturated rings. The first-order valence-corrected chi connectivity index (χ1v) is 7.03. The number of hydrogen-bond donors (Lipinski definition) is 2. The van der Waals surface area contributed by atoms with Crippen LogP contribution in [0.15, 0.2) is 30.3 Å². The number of nitrogens with one attached hydrogen (secondary N) is 1. The zero-order chi connectivity index (χ0) is 15.0. The molecule has 3 nitrogen and oxygen atoms in total. The maximum atomic E-state index is 10.2. The fourth-order valence-corrected chi connectivity index (χ4v) is 2.07. The van der Waals surface area contributed by atoms with E-state index in [0.717, 1.165) is 16.6 Å². The molecule has 2 aromatic rings. The SMILES string of the molecule is Cc1cc(CNC(C)(C)C(C)(C)O)c2ccccc2n1. The lowest BCUT2D eigenvalue weighted by Gasteiger charge is -2.38. The van der Waals surface area contributed by atoms with Crippen LogP contribution in [-0.4, -0.2) is 21.2 Å². The molecule has 0 atom stereocenters. The van der Waals surface area contributed by atoms with E-state index < -0.39 is 5.60 Å². The summed E-state index contributed by atoms with van der Waals surface area (Å²) >= 11 is 0. The summed E-state index contributed by atoms with van der Waals surface area (Å²) in [6, 6.07) is 10.3. The largest absolute Gasteiger partial charge is 0.389 e. The summed E-state index contributed by atoms with van der Waals surface area (Å²) in [5.74, 6) is 0. The van der Waals surface area contributed by atoms with Gasteiger partial charge in [-0.3, -0.25) is 4.98 Å². The Hall–Kier alpha value is -1.45. The molecule has 0 bridgehead atoms. The van der Waals surface area contributed by atoms with Gasteiger partial charge in [-0.25, -0.2) is 0 Å². The van der Waals surface area contributed by atoms with E-state index in [2.05, 4.69) is 22.4 Å². The Kier molecular flexibility index (Phi) is 3.85. The van der Waals surface area contributed by atoms with Crippen LogP contribution in [0.25, 0.3) is 10.9 Å². The first-order chi connectivity index (χ1) is 9.21. The van der Waals surface area contributed by atoms with E-state index in [1.54, 1.807) is 0 Å². The molecule has 3 heteroatoms. The summed E-state index contributed by atoms with van der Waals surface area (Å²) in [6.45, 7) is 10.4. The highest BCUT2D eigenvalue weighted by Gasteiger charge is 2.34. The molecule has 1 aromatic carbocycles. The minimum Gasteiger partial charge on any atom is -0.389 e. The first-order valence-electron chi connectivity index (χ1n) is 7.03. The van der Waals surface area contributed by atoms with Crippen LogP contribution >= 0.6 is 0 Å². The number of rotatable bonds is 4. The molecule has 0 unspecified atom stereocenters. The van der Waals surface area contributed by atoms with Gasteiger partial charge in [-0.05, 0) is 52.3 Å². The van der Waals surface area contributed by atoms with Gasteiger partial charge in [0.1, 0.15) is 0 Å². The smallest absolute Gasteiger partial charge is 0.0767 e. The predicted octanol–water partition coefficient (Wildman–Crippen LogP) is 3.18. The number of nitrogens with zero attached hydrogens (tertiary/aromatic N) is 1. The van der Waals surface area contributed by atoms with Crippen molar-refractivity contribution in [3.05, 3.63) is 41.6 Å². The third kappa shape index (κ3) is 3.00. The summed E-state index contributed by atoms with van der Waals surface area (Å²) in [5.41, 5.74) is 2.09. The van der Waals surface area contributed by atoms with Gasteiger partial charge in [-0.2, -0.15) is 0 Å². The number of fused-ring (bicyclic) bond motifs is 1. The summed E-state index contributed by atoms with van der Waals surface area (Å²) in [5, 5.41) is 14.8. The average molecular weight is 272 g/mol. The average Bonchev–Trinajstić information content (AvgIpc) is 2.34. The van der Waals surface area contributed by atoms with Gasteiger partial charge in [-0.1, -0.05) is 18.2 Å². The van der Waals surface area contributed by atoms with Crippen molar-refractivity contribution < 1.29 is 5.11 Å². The van der Waals surface area contributed by atoms with E-state index in [1.807, 2.05) is 52.8 Å². The molecule has 0 saturated carbocycles. The zero-order valence-electron chi connectivity index (χ0n) is 13.0. The van der Waals surface area contributed by atoms with Crippen LogP contribution in [-0.2, 0) is 6.54 Å². The first kappa shape index (κ1) is 14.9. The lowest BCUT2D eigenvalue weighted by Crippen LogP contribution is -2.55. The number of aryl methyl sites for hydroxylation is 1. The van der Waals surface area contributed by atoms with Crippen molar-refractivity contribution in [1.82, 2.24) is 10.3 Å². The van der Waals surface area contributed by atoms with Crippen molar-refractivity contribution in [1.29, 1.82) is 0 Å². The van der Waals surface area contributed by atoms with Crippen molar-refractivity contribution in [2.75, 3.05) is 0 Å². The van der Waals surface area contributed by atoms with Gasteiger partial charge in [0.2, 0.25) is 0 Å². The summed E-state index contributed by atoms with van der Waals surface area (Å²) in [7, 11) is 0. The molecule has 2 rings (SSSR count). The van der Waals surface area contributed by atoms with Gasteiger partial charge >= 0.3 is 0 Å². The predicted molar refractivity (Wildman–Crippen MR) is 83.7 cm³/mol. The number of para-hydroxylation sites is 1. The molecular weight excluding hydrogens is 248 g/mol. The van der Waals surface area contributed by atoms with Gasteiger partial charge < -0.3 is 10.4 Å². The molecule has 20 heavy (non-hydrogen) atoms. The van der Waals surface area contributed by atoms with Crippen LogP contribution in [0.5, 0.6) is 0 Å². The van der Waals surface area contributed by atoms with E-state index in [4.69, 9.17) is 0 Å². The summed E-state index contributed by atoms with van der Waals surface area (Å²) in [4.78, 5) is 4.55. The Labute approximate surface area is 121 Å². The number of hydrogen-bond acceptors (Lipinski definition) is 3. The molecule has 0 aliphatic heterocycles. The molecule has 0 radical (unpaired) electrons. The lowest BCUT2D eigenvalue weighted by atomic mass is 9.86. The minimum absolute atomic E-state index is 0.370. The van der Waals surface area contributed by atoms with Crippen molar-refractivity contribution in [3.63, 3.8) is 0 Å². The molecule has 108 valence electrons. The van der Waals surface area contributed by atoms with Crippen LogP contribution in [0.1, 0.15) is 39.0 Å². The molecule has 1 heterocycles. The molecule has 0 amide bonds. The van der Waals surface area contributed by atoms with Gasteiger partial charge in [-0.15, -0.1) is 0 Å². The number of aromatic nitrogens is 1. The molecule has 0 saturated heterocycles. The monoisotopic (exact) mass is 272 g/mol.